The minimum absolute atomic E-state index is 0.0428. The van der Waals surface area contributed by atoms with Crippen LogP contribution in [0.2, 0.25) is 0 Å². The Morgan fingerprint density at radius 1 is 1.12 bits per heavy atom. The molecule has 5 heteroatoms. The van der Waals surface area contributed by atoms with E-state index in [0.717, 1.165) is 16.5 Å². The summed E-state index contributed by atoms with van der Waals surface area (Å²) < 4.78 is 5.38. The average molecular weight is 333 g/mol. The number of benzene rings is 1. The van der Waals surface area contributed by atoms with Crippen molar-refractivity contribution in [3.8, 4) is 0 Å². The molecule has 0 aliphatic heterocycles. The summed E-state index contributed by atoms with van der Waals surface area (Å²) in [4.78, 5) is 14.0. The van der Waals surface area contributed by atoms with Crippen LogP contribution in [0.3, 0.4) is 0 Å². The van der Waals surface area contributed by atoms with Crippen molar-refractivity contribution < 1.29 is 14.6 Å². The molecule has 0 fully saturated rings. The first-order chi connectivity index (χ1) is 11.5. The topological polar surface area (TPSA) is 73.9 Å². The molecular formula is C19H27NO4. The average Bonchev–Trinajstić information content (AvgIpc) is 2.51. The van der Waals surface area contributed by atoms with E-state index >= 15 is 0 Å². The van der Waals surface area contributed by atoms with Crippen molar-refractivity contribution in [1.29, 1.82) is 0 Å². The SMILES string of the molecule is Cc1cc2oc(=O)cc(CN(CCO)CCCO)c2cc1C(C)C. The standard InChI is InChI=1S/C19H27NO4/c1-13(2)16-11-17-15(12-20(6-8-22)5-4-7-21)10-19(23)24-18(17)9-14(16)3/h9-11,13,21-22H,4-8,12H2,1-3H3. The molecule has 5 nitrogen and oxygen atoms in total. The van der Waals surface area contributed by atoms with Crippen molar-refractivity contribution in [3.05, 3.63) is 45.3 Å². The Kier molecular flexibility index (Phi) is 6.54. The number of nitrogens with zero attached hydrogens (tertiary/aromatic N) is 1. The molecular weight excluding hydrogens is 306 g/mol. The summed E-state index contributed by atoms with van der Waals surface area (Å²) in [6, 6.07) is 5.57. The maximum Gasteiger partial charge on any atom is 0.336 e. The van der Waals surface area contributed by atoms with Crippen molar-refractivity contribution in [2.75, 3.05) is 26.3 Å². The molecule has 1 aromatic carbocycles. The first kappa shape index (κ1) is 18.6. The van der Waals surface area contributed by atoms with E-state index < -0.39 is 0 Å². The fourth-order valence-corrected chi connectivity index (χ4v) is 3.09. The first-order valence-corrected chi connectivity index (χ1v) is 8.47. The van der Waals surface area contributed by atoms with E-state index in [1.54, 1.807) is 0 Å². The Hall–Kier alpha value is -1.69. The quantitative estimate of drug-likeness (QED) is 0.726. The van der Waals surface area contributed by atoms with Gasteiger partial charge in [-0.15, -0.1) is 0 Å². The van der Waals surface area contributed by atoms with Gasteiger partial charge in [-0.3, -0.25) is 4.90 Å². The Labute approximate surface area is 142 Å². The van der Waals surface area contributed by atoms with Crippen LogP contribution in [0, 0.1) is 6.92 Å². The zero-order chi connectivity index (χ0) is 17.7. The van der Waals surface area contributed by atoms with Gasteiger partial charge >= 0.3 is 5.63 Å². The number of hydrogen-bond donors (Lipinski definition) is 2. The Bertz CT molecular complexity index is 736. The molecule has 0 aliphatic carbocycles. The molecule has 0 aliphatic rings. The number of aliphatic hydroxyl groups is 2. The molecule has 132 valence electrons. The lowest BCUT2D eigenvalue weighted by Gasteiger charge is -2.22. The van der Waals surface area contributed by atoms with Gasteiger partial charge in [-0.1, -0.05) is 13.8 Å². The summed E-state index contributed by atoms with van der Waals surface area (Å²) in [6.45, 7) is 8.19. The van der Waals surface area contributed by atoms with Crippen LogP contribution >= 0.6 is 0 Å². The predicted octanol–water partition coefficient (Wildman–Crippen LogP) is 2.40. The van der Waals surface area contributed by atoms with Crippen LogP contribution in [0.4, 0.5) is 0 Å². The third-order valence-corrected chi connectivity index (χ3v) is 4.28. The highest BCUT2D eigenvalue weighted by molar-refractivity contribution is 5.82. The fourth-order valence-electron chi connectivity index (χ4n) is 3.09. The van der Waals surface area contributed by atoms with E-state index in [2.05, 4.69) is 19.9 Å². The maximum atomic E-state index is 11.9. The monoisotopic (exact) mass is 333 g/mol. The molecule has 1 aromatic heterocycles. The summed E-state index contributed by atoms with van der Waals surface area (Å²) in [7, 11) is 0. The second-order valence-corrected chi connectivity index (χ2v) is 6.53. The molecule has 0 atom stereocenters. The number of fused-ring (bicyclic) bond motifs is 1. The van der Waals surface area contributed by atoms with Crippen LogP contribution in [0.25, 0.3) is 11.0 Å². The van der Waals surface area contributed by atoms with Crippen LogP contribution in [0.5, 0.6) is 0 Å². The van der Waals surface area contributed by atoms with Gasteiger partial charge in [-0.2, -0.15) is 0 Å². The van der Waals surface area contributed by atoms with Gasteiger partial charge in [0, 0.05) is 37.7 Å². The molecule has 24 heavy (non-hydrogen) atoms. The van der Waals surface area contributed by atoms with E-state index in [9.17, 15) is 9.90 Å². The van der Waals surface area contributed by atoms with Gasteiger partial charge < -0.3 is 14.6 Å². The molecule has 0 unspecified atom stereocenters. The molecule has 2 N–H and O–H groups in total. The lowest BCUT2D eigenvalue weighted by Crippen LogP contribution is -2.28. The lowest BCUT2D eigenvalue weighted by molar-refractivity contribution is 0.174. The number of hydrogen-bond acceptors (Lipinski definition) is 5. The van der Waals surface area contributed by atoms with Gasteiger partial charge in [-0.05, 0) is 48.1 Å². The summed E-state index contributed by atoms with van der Waals surface area (Å²) in [5.41, 5.74) is 3.49. The molecule has 0 saturated heterocycles. The highest BCUT2D eigenvalue weighted by Crippen LogP contribution is 2.27. The minimum atomic E-state index is -0.361. The second-order valence-electron chi connectivity index (χ2n) is 6.53. The molecule has 1 heterocycles. The molecule has 0 spiro atoms. The van der Waals surface area contributed by atoms with Crippen LogP contribution in [0.15, 0.2) is 27.4 Å². The Balaban J connectivity index is 2.47. The highest BCUT2D eigenvalue weighted by Gasteiger charge is 2.14. The molecule has 0 bridgehead atoms. The van der Waals surface area contributed by atoms with Crippen molar-refractivity contribution in [3.63, 3.8) is 0 Å². The van der Waals surface area contributed by atoms with E-state index in [0.29, 0.717) is 37.6 Å². The minimum Gasteiger partial charge on any atom is -0.423 e. The normalized spacial score (nSPS) is 11.8. The highest BCUT2D eigenvalue weighted by atomic mass is 16.4. The van der Waals surface area contributed by atoms with Crippen molar-refractivity contribution in [2.45, 2.75) is 39.7 Å². The fraction of sp³-hybridized carbons (Fsp3) is 0.526. The first-order valence-electron chi connectivity index (χ1n) is 8.47. The van der Waals surface area contributed by atoms with E-state index in [1.165, 1.54) is 11.6 Å². The van der Waals surface area contributed by atoms with Gasteiger partial charge in [0.05, 0.1) is 6.61 Å². The zero-order valence-corrected chi connectivity index (χ0v) is 14.7. The third kappa shape index (κ3) is 4.44. The summed E-state index contributed by atoms with van der Waals surface area (Å²) in [6.07, 6.45) is 0.635. The van der Waals surface area contributed by atoms with Crippen LogP contribution in [0.1, 0.15) is 42.9 Å². The Morgan fingerprint density at radius 3 is 2.50 bits per heavy atom. The van der Waals surface area contributed by atoms with Gasteiger partial charge in [0.2, 0.25) is 0 Å². The third-order valence-electron chi connectivity index (χ3n) is 4.28. The van der Waals surface area contributed by atoms with Gasteiger partial charge in [-0.25, -0.2) is 4.79 Å². The van der Waals surface area contributed by atoms with E-state index in [1.807, 2.05) is 17.9 Å². The van der Waals surface area contributed by atoms with Gasteiger partial charge in [0.25, 0.3) is 0 Å². The largest absolute Gasteiger partial charge is 0.423 e. The second kappa shape index (κ2) is 8.42. The van der Waals surface area contributed by atoms with Gasteiger partial charge in [0.1, 0.15) is 5.58 Å². The number of rotatable bonds is 8. The lowest BCUT2D eigenvalue weighted by atomic mass is 9.95. The van der Waals surface area contributed by atoms with Gasteiger partial charge in [0.15, 0.2) is 0 Å². The number of aryl methyl sites for hydroxylation is 1. The van der Waals surface area contributed by atoms with Crippen molar-refractivity contribution in [2.24, 2.45) is 0 Å². The van der Waals surface area contributed by atoms with Crippen molar-refractivity contribution in [1.82, 2.24) is 4.90 Å². The zero-order valence-electron chi connectivity index (χ0n) is 14.7. The Morgan fingerprint density at radius 2 is 1.88 bits per heavy atom. The van der Waals surface area contributed by atoms with Crippen molar-refractivity contribution >= 4 is 11.0 Å². The molecule has 2 rings (SSSR count). The molecule has 0 amide bonds. The molecule has 0 saturated carbocycles. The number of aliphatic hydroxyl groups excluding tert-OH is 2. The molecule has 0 radical (unpaired) electrons. The summed E-state index contributed by atoms with van der Waals surface area (Å²) >= 11 is 0. The van der Waals surface area contributed by atoms with Crippen LogP contribution in [-0.4, -0.2) is 41.4 Å². The predicted molar refractivity (Wildman–Crippen MR) is 95.4 cm³/mol. The van der Waals surface area contributed by atoms with E-state index in [4.69, 9.17) is 9.52 Å². The smallest absolute Gasteiger partial charge is 0.336 e. The van der Waals surface area contributed by atoms with E-state index in [-0.39, 0.29) is 18.8 Å². The summed E-state index contributed by atoms with van der Waals surface area (Å²) in [5.74, 6) is 0.386. The molecule has 2 aromatic rings. The summed E-state index contributed by atoms with van der Waals surface area (Å²) in [5, 5.41) is 19.2. The van der Waals surface area contributed by atoms with Crippen LogP contribution < -0.4 is 5.63 Å². The maximum absolute atomic E-state index is 11.9. The van der Waals surface area contributed by atoms with Crippen LogP contribution in [-0.2, 0) is 6.54 Å².